The third-order valence-electron chi connectivity index (χ3n) is 2.13. The number of benzene rings is 1. The van der Waals surface area contributed by atoms with Crippen molar-refractivity contribution < 1.29 is 27.5 Å². The topological polar surface area (TPSA) is 50.4 Å². The molecule has 1 aromatic carbocycles. The molecule has 0 aliphatic carbocycles. The van der Waals surface area contributed by atoms with Gasteiger partial charge in [0.1, 0.15) is 17.4 Å². The number of rotatable bonds is 1. The number of fused-ring (bicyclic) bond motifs is 1. The molecule has 0 fully saturated rings. The standard InChI is InChI=1S/C10H5F3O3/c11-10(12,13)7-4-16-8-2-1-5(9(14)15)3-6(7)8/h1-4H,(H,14,15). The Morgan fingerprint density at radius 3 is 2.56 bits per heavy atom. The second-order valence-electron chi connectivity index (χ2n) is 3.16. The summed E-state index contributed by atoms with van der Waals surface area (Å²) in [6.07, 6.45) is -3.97. The van der Waals surface area contributed by atoms with E-state index >= 15 is 0 Å². The summed E-state index contributed by atoms with van der Waals surface area (Å²) in [4.78, 5) is 10.6. The maximum atomic E-state index is 12.5. The van der Waals surface area contributed by atoms with Crippen molar-refractivity contribution in [3.8, 4) is 0 Å². The molecule has 0 saturated heterocycles. The quantitative estimate of drug-likeness (QED) is 0.818. The number of carbonyl (C=O) groups is 1. The van der Waals surface area contributed by atoms with Crippen LogP contribution in [0.4, 0.5) is 13.2 Å². The molecule has 3 nitrogen and oxygen atoms in total. The van der Waals surface area contributed by atoms with Crippen LogP contribution < -0.4 is 0 Å². The van der Waals surface area contributed by atoms with E-state index in [1.54, 1.807) is 0 Å². The van der Waals surface area contributed by atoms with Crippen molar-refractivity contribution in [2.75, 3.05) is 0 Å². The lowest BCUT2D eigenvalue weighted by atomic mass is 10.1. The summed E-state index contributed by atoms with van der Waals surface area (Å²) >= 11 is 0. The molecule has 6 heteroatoms. The number of halogens is 3. The average molecular weight is 230 g/mol. The number of aromatic carboxylic acids is 1. The third-order valence-corrected chi connectivity index (χ3v) is 2.13. The molecule has 0 aliphatic heterocycles. The lowest BCUT2D eigenvalue weighted by Gasteiger charge is -2.03. The predicted octanol–water partition coefficient (Wildman–Crippen LogP) is 3.15. The van der Waals surface area contributed by atoms with Gasteiger partial charge in [-0.3, -0.25) is 0 Å². The molecule has 1 N–H and O–H groups in total. The van der Waals surface area contributed by atoms with Crippen molar-refractivity contribution in [3.63, 3.8) is 0 Å². The minimum Gasteiger partial charge on any atom is -0.478 e. The van der Waals surface area contributed by atoms with Crippen LogP contribution in [0.25, 0.3) is 11.0 Å². The van der Waals surface area contributed by atoms with Gasteiger partial charge in [0, 0.05) is 5.39 Å². The first-order valence-electron chi connectivity index (χ1n) is 4.21. The molecule has 1 aromatic heterocycles. The Bertz CT molecular complexity index is 554. The van der Waals surface area contributed by atoms with Crippen LogP contribution in [0.5, 0.6) is 0 Å². The molecule has 0 radical (unpaired) electrons. The smallest absolute Gasteiger partial charge is 0.420 e. The Hall–Kier alpha value is -1.98. The zero-order chi connectivity index (χ0) is 11.9. The van der Waals surface area contributed by atoms with Gasteiger partial charge in [0.2, 0.25) is 0 Å². The summed E-state index contributed by atoms with van der Waals surface area (Å²) in [5, 5.41) is 8.42. The highest BCUT2D eigenvalue weighted by Crippen LogP contribution is 2.36. The van der Waals surface area contributed by atoms with Gasteiger partial charge in [0.05, 0.1) is 5.56 Å². The fraction of sp³-hybridized carbons (Fsp3) is 0.100. The molecule has 0 bridgehead atoms. The second kappa shape index (κ2) is 3.26. The van der Waals surface area contributed by atoms with Crippen molar-refractivity contribution in [2.24, 2.45) is 0 Å². The molecule has 0 amide bonds. The first-order chi connectivity index (χ1) is 7.39. The van der Waals surface area contributed by atoms with Crippen molar-refractivity contribution in [3.05, 3.63) is 35.6 Å². The minimum atomic E-state index is -4.55. The summed E-state index contributed by atoms with van der Waals surface area (Å²) in [5.41, 5.74) is -1.16. The third kappa shape index (κ3) is 1.62. The monoisotopic (exact) mass is 230 g/mol. The van der Waals surface area contributed by atoms with E-state index in [0.29, 0.717) is 6.26 Å². The fourth-order valence-electron chi connectivity index (χ4n) is 1.38. The van der Waals surface area contributed by atoms with Crippen LogP contribution in [-0.4, -0.2) is 11.1 Å². The number of carboxylic acid groups (broad SMARTS) is 1. The highest BCUT2D eigenvalue weighted by atomic mass is 19.4. The molecular formula is C10H5F3O3. The predicted molar refractivity (Wildman–Crippen MR) is 48.2 cm³/mol. The maximum absolute atomic E-state index is 12.5. The van der Waals surface area contributed by atoms with Crippen molar-refractivity contribution >= 4 is 16.9 Å². The van der Waals surface area contributed by atoms with Gasteiger partial charge in [-0.05, 0) is 18.2 Å². The highest BCUT2D eigenvalue weighted by Gasteiger charge is 2.34. The lowest BCUT2D eigenvalue weighted by molar-refractivity contribution is -0.136. The number of carboxylic acids is 1. The lowest BCUT2D eigenvalue weighted by Crippen LogP contribution is -2.04. The van der Waals surface area contributed by atoms with Crippen LogP contribution >= 0.6 is 0 Å². The van der Waals surface area contributed by atoms with Gasteiger partial charge >= 0.3 is 12.1 Å². The molecule has 2 rings (SSSR count). The summed E-state index contributed by atoms with van der Waals surface area (Å²) in [5.74, 6) is -1.28. The van der Waals surface area contributed by atoms with Crippen molar-refractivity contribution in [1.29, 1.82) is 0 Å². The molecule has 2 aromatic rings. The van der Waals surface area contributed by atoms with Crippen LogP contribution in [0, 0.1) is 0 Å². The first kappa shape index (κ1) is 10.5. The Kier molecular flexibility index (Phi) is 2.15. The van der Waals surface area contributed by atoms with E-state index in [4.69, 9.17) is 9.52 Å². The van der Waals surface area contributed by atoms with E-state index in [0.717, 1.165) is 6.07 Å². The molecule has 16 heavy (non-hydrogen) atoms. The molecule has 0 unspecified atom stereocenters. The molecule has 0 spiro atoms. The fourth-order valence-corrected chi connectivity index (χ4v) is 1.38. The zero-order valence-electron chi connectivity index (χ0n) is 7.71. The second-order valence-corrected chi connectivity index (χ2v) is 3.16. The number of furan rings is 1. The minimum absolute atomic E-state index is 0.0114. The van der Waals surface area contributed by atoms with E-state index in [9.17, 15) is 18.0 Å². The van der Waals surface area contributed by atoms with Crippen molar-refractivity contribution in [1.82, 2.24) is 0 Å². The number of alkyl halides is 3. The number of hydrogen-bond donors (Lipinski definition) is 1. The summed E-state index contributed by atoms with van der Waals surface area (Å²) < 4.78 is 42.1. The van der Waals surface area contributed by atoms with Gasteiger partial charge < -0.3 is 9.52 Å². The molecular weight excluding hydrogens is 225 g/mol. The van der Waals surface area contributed by atoms with Gasteiger partial charge in [-0.1, -0.05) is 0 Å². The van der Waals surface area contributed by atoms with Gasteiger partial charge in [-0.2, -0.15) is 13.2 Å². The highest BCUT2D eigenvalue weighted by molar-refractivity contribution is 5.94. The molecule has 84 valence electrons. The van der Waals surface area contributed by atoms with Gasteiger partial charge in [-0.25, -0.2) is 4.79 Å². The van der Waals surface area contributed by atoms with E-state index in [-0.39, 0.29) is 16.5 Å². The molecule has 0 aliphatic rings. The van der Waals surface area contributed by atoms with Crippen LogP contribution in [0.15, 0.2) is 28.9 Å². The SMILES string of the molecule is O=C(O)c1ccc2occ(C(F)(F)F)c2c1. The van der Waals surface area contributed by atoms with E-state index in [1.165, 1.54) is 12.1 Å². The molecule has 0 atom stereocenters. The van der Waals surface area contributed by atoms with Crippen molar-refractivity contribution in [2.45, 2.75) is 6.18 Å². The van der Waals surface area contributed by atoms with Crippen LogP contribution in [0.1, 0.15) is 15.9 Å². The Balaban J connectivity index is 2.70. The first-order valence-corrected chi connectivity index (χ1v) is 4.21. The molecule has 1 heterocycles. The van der Waals surface area contributed by atoms with E-state index < -0.39 is 17.7 Å². The van der Waals surface area contributed by atoms with Gasteiger partial charge in [0.15, 0.2) is 0 Å². The van der Waals surface area contributed by atoms with E-state index in [1.807, 2.05) is 0 Å². The Morgan fingerprint density at radius 2 is 2.00 bits per heavy atom. The molecule has 0 saturated carbocycles. The Morgan fingerprint density at radius 1 is 1.31 bits per heavy atom. The van der Waals surface area contributed by atoms with Crippen LogP contribution in [-0.2, 0) is 6.18 Å². The van der Waals surface area contributed by atoms with Gasteiger partial charge in [-0.15, -0.1) is 0 Å². The maximum Gasteiger partial charge on any atom is 0.420 e. The van der Waals surface area contributed by atoms with Gasteiger partial charge in [0.25, 0.3) is 0 Å². The van der Waals surface area contributed by atoms with Crippen LogP contribution in [0.3, 0.4) is 0 Å². The Labute approximate surface area is 87.1 Å². The largest absolute Gasteiger partial charge is 0.478 e. The number of hydrogen-bond acceptors (Lipinski definition) is 2. The summed E-state index contributed by atoms with van der Waals surface area (Å²) in [7, 11) is 0. The van der Waals surface area contributed by atoms with E-state index in [2.05, 4.69) is 0 Å². The van der Waals surface area contributed by atoms with Crippen LogP contribution in [0.2, 0.25) is 0 Å². The average Bonchev–Trinajstić information content (AvgIpc) is 2.58. The summed E-state index contributed by atoms with van der Waals surface area (Å²) in [6.45, 7) is 0. The normalized spacial score (nSPS) is 11.9. The zero-order valence-corrected chi connectivity index (χ0v) is 7.71. The summed E-state index contributed by atoms with van der Waals surface area (Å²) in [6, 6.07) is 3.34.